The molecule has 1 N–H and O–H groups in total. The van der Waals surface area contributed by atoms with Gasteiger partial charge in [-0.1, -0.05) is 78.4 Å². The highest BCUT2D eigenvalue weighted by atomic mass is 16.1. The van der Waals surface area contributed by atoms with E-state index in [1.54, 1.807) is 0 Å². The molecule has 3 aromatic carbocycles. The third-order valence-electron chi connectivity index (χ3n) is 5.75. The predicted octanol–water partition coefficient (Wildman–Crippen LogP) is 5.37. The summed E-state index contributed by atoms with van der Waals surface area (Å²) in [7, 11) is 2.07. The molecule has 0 bridgehead atoms. The minimum atomic E-state index is 0.0217. The van der Waals surface area contributed by atoms with Gasteiger partial charge in [-0.2, -0.15) is 0 Å². The van der Waals surface area contributed by atoms with Crippen LogP contribution in [0.15, 0.2) is 85.1 Å². The number of carbonyl (C=O) groups is 1. The molecule has 1 heterocycles. The molecule has 4 aromatic rings. The number of aromatic nitrogens is 1. The molecule has 0 saturated carbocycles. The van der Waals surface area contributed by atoms with E-state index in [-0.39, 0.29) is 11.8 Å². The summed E-state index contributed by atoms with van der Waals surface area (Å²) in [6.45, 7) is 2.74. The largest absolute Gasteiger partial charge is 0.356 e. The summed E-state index contributed by atoms with van der Waals surface area (Å²) in [5, 5.41) is 4.33. The lowest BCUT2D eigenvalue weighted by atomic mass is 9.87. The minimum absolute atomic E-state index is 0.0217. The van der Waals surface area contributed by atoms with Crippen LogP contribution < -0.4 is 5.32 Å². The average molecular weight is 397 g/mol. The van der Waals surface area contributed by atoms with E-state index >= 15 is 0 Å². The number of hydrogen-bond acceptors (Lipinski definition) is 1. The molecule has 0 aliphatic rings. The summed E-state index contributed by atoms with van der Waals surface area (Å²) in [5.41, 5.74) is 6.03. The molecule has 0 saturated heterocycles. The summed E-state index contributed by atoms with van der Waals surface area (Å²) in [5.74, 6) is 0.109. The van der Waals surface area contributed by atoms with Gasteiger partial charge in [0.05, 0.1) is 0 Å². The van der Waals surface area contributed by atoms with Crippen molar-refractivity contribution in [1.29, 1.82) is 0 Å². The zero-order valence-corrected chi connectivity index (χ0v) is 17.6. The highest BCUT2D eigenvalue weighted by molar-refractivity contribution is 5.86. The Morgan fingerprint density at radius 3 is 2.40 bits per heavy atom. The smallest absolute Gasteiger partial charge is 0.220 e. The molecule has 0 radical (unpaired) electrons. The first-order valence-corrected chi connectivity index (χ1v) is 10.5. The fraction of sp³-hybridized carbons (Fsp3) is 0.222. The van der Waals surface area contributed by atoms with E-state index in [4.69, 9.17) is 0 Å². The molecule has 1 amide bonds. The summed E-state index contributed by atoms with van der Waals surface area (Å²) in [4.78, 5) is 12.9. The Morgan fingerprint density at radius 1 is 0.933 bits per heavy atom. The highest BCUT2D eigenvalue weighted by Crippen LogP contribution is 2.34. The summed E-state index contributed by atoms with van der Waals surface area (Å²) in [6, 6.07) is 27.2. The predicted molar refractivity (Wildman–Crippen MR) is 124 cm³/mol. The van der Waals surface area contributed by atoms with Gasteiger partial charge in [0.25, 0.3) is 0 Å². The molecule has 30 heavy (non-hydrogen) atoms. The van der Waals surface area contributed by atoms with Gasteiger partial charge in [0.15, 0.2) is 0 Å². The van der Waals surface area contributed by atoms with Crippen LogP contribution in [0.2, 0.25) is 0 Å². The molecule has 0 fully saturated rings. The van der Waals surface area contributed by atoms with E-state index in [1.165, 1.54) is 33.2 Å². The Kier molecular flexibility index (Phi) is 5.99. The molecule has 1 atom stereocenters. The Balaban J connectivity index is 1.56. The molecule has 3 heteroatoms. The second kappa shape index (κ2) is 9.00. The Hall–Kier alpha value is -3.33. The van der Waals surface area contributed by atoms with Crippen molar-refractivity contribution in [2.45, 2.75) is 25.7 Å². The number of amides is 1. The quantitative estimate of drug-likeness (QED) is 0.448. The number of benzene rings is 3. The van der Waals surface area contributed by atoms with E-state index in [9.17, 15) is 4.79 Å². The third kappa shape index (κ3) is 4.46. The summed E-state index contributed by atoms with van der Waals surface area (Å²) < 4.78 is 2.15. The van der Waals surface area contributed by atoms with Crippen LogP contribution in [-0.4, -0.2) is 17.0 Å². The normalized spacial score (nSPS) is 12.1. The van der Waals surface area contributed by atoms with Gasteiger partial charge in [-0.3, -0.25) is 4.79 Å². The maximum atomic E-state index is 12.9. The van der Waals surface area contributed by atoms with Crippen LogP contribution in [0, 0.1) is 6.92 Å². The van der Waals surface area contributed by atoms with Crippen molar-refractivity contribution < 1.29 is 4.79 Å². The number of hydrogen-bond donors (Lipinski definition) is 1. The molecular weight excluding hydrogens is 368 g/mol. The summed E-state index contributed by atoms with van der Waals surface area (Å²) in [6.07, 6.45) is 3.45. The average Bonchev–Trinajstić information content (AvgIpc) is 3.10. The number of aryl methyl sites for hydroxylation is 2. The van der Waals surface area contributed by atoms with E-state index in [1.807, 2.05) is 18.2 Å². The first-order chi connectivity index (χ1) is 14.6. The number of rotatable bonds is 7. The van der Waals surface area contributed by atoms with Crippen molar-refractivity contribution >= 4 is 16.8 Å². The van der Waals surface area contributed by atoms with E-state index < -0.39 is 0 Å². The molecule has 0 aliphatic heterocycles. The van der Waals surface area contributed by atoms with Gasteiger partial charge in [0, 0.05) is 43.0 Å². The van der Waals surface area contributed by atoms with E-state index in [2.05, 4.69) is 90.7 Å². The second-order valence-electron chi connectivity index (χ2n) is 7.97. The number of carbonyl (C=O) groups excluding carboxylic acids is 1. The number of nitrogens with zero attached hydrogens (tertiary/aromatic N) is 1. The standard InChI is InChI=1S/C27H28N2O/c1-20-12-14-22(15-13-20)24(25-19-29(2)26-11-7-6-10-23(25)26)18-27(30)28-17-16-21-8-4-3-5-9-21/h3-15,19,24H,16-18H2,1-2H3,(H,28,30). The third-order valence-corrected chi connectivity index (χ3v) is 5.75. The molecular formula is C27H28N2O. The van der Waals surface area contributed by atoms with Crippen LogP contribution in [0.5, 0.6) is 0 Å². The molecule has 0 aliphatic carbocycles. The van der Waals surface area contributed by atoms with Crippen molar-refractivity contribution in [1.82, 2.24) is 9.88 Å². The maximum absolute atomic E-state index is 12.9. The first kappa shape index (κ1) is 20.0. The van der Waals surface area contributed by atoms with E-state index in [0.29, 0.717) is 13.0 Å². The monoisotopic (exact) mass is 396 g/mol. The number of para-hydroxylation sites is 1. The number of fused-ring (bicyclic) bond motifs is 1. The zero-order valence-electron chi connectivity index (χ0n) is 17.6. The van der Waals surface area contributed by atoms with Gasteiger partial charge in [0.2, 0.25) is 5.91 Å². The fourth-order valence-electron chi connectivity index (χ4n) is 4.11. The molecule has 4 rings (SSSR count). The minimum Gasteiger partial charge on any atom is -0.356 e. The number of nitrogens with one attached hydrogen (secondary N) is 1. The molecule has 1 unspecified atom stereocenters. The van der Waals surface area contributed by atoms with Gasteiger partial charge < -0.3 is 9.88 Å². The van der Waals surface area contributed by atoms with Crippen LogP contribution in [-0.2, 0) is 18.3 Å². The molecule has 0 spiro atoms. The lowest BCUT2D eigenvalue weighted by molar-refractivity contribution is -0.121. The maximum Gasteiger partial charge on any atom is 0.220 e. The summed E-state index contributed by atoms with van der Waals surface area (Å²) >= 11 is 0. The molecule has 152 valence electrons. The lowest BCUT2D eigenvalue weighted by Gasteiger charge is -2.18. The highest BCUT2D eigenvalue weighted by Gasteiger charge is 2.22. The zero-order chi connectivity index (χ0) is 20.9. The van der Waals surface area contributed by atoms with E-state index in [0.717, 1.165) is 6.42 Å². The lowest BCUT2D eigenvalue weighted by Crippen LogP contribution is -2.27. The molecule has 3 nitrogen and oxygen atoms in total. The Labute approximate surface area is 178 Å². The van der Waals surface area contributed by atoms with Gasteiger partial charge in [-0.25, -0.2) is 0 Å². The second-order valence-corrected chi connectivity index (χ2v) is 7.97. The first-order valence-electron chi connectivity index (χ1n) is 10.5. The van der Waals surface area contributed by atoms with Crippen LogP contribution in [0.25, 0.3) is 10.9 Å². The van der Waals surface area contributed by atoms with Crippen molar-refractivity contribution in [3.8, 4) is 0 Å². The SMILES string of the molecule is Cc1ccc(C(CC(=O)NCCc2ccccc2)c2cn(C)c3ccccc23)cc1. The van der Waals surface area contributed by atoms with Gasteiger partial charge >= 0.3 is 0 Å². The van der Waals surface area contributed by atoms with Crippen molar-refractivity contribution in [2.75, 3.05) is 6.54 Å². The topological polar surface area (TPSA) is 34.0 Å². The Bertz CT molecular complexity index is 1130. The Morgan fingerprint density at radius 2 is 1.63 bits per heavy atom. The van der Waals surface area contributed by atoms with Crippen molar-refractivity contribution in [2.24, 2.45) is 7.05 Å². The van der Waals surface area contributed by atoms with Crippen LogP contribution in [0.1, 0.15) is 34.6 Å². The van der Waals surface area contributed by atoms with Crippen LogP contribution in [0.4, 0.5) is 0 Å². The van der Waals surface area contributed by atoms with Gasteiger partial charge in [0.1, 0.15) is 0 Å². The van der Waals surface area contributed by atoms with Gasteiger partial charge in [-0.15, -0.1) is 0 Å². The van der Waals surface area contributed by atoms with Crippen molar-refractivity contribution in [3.63, 3.8) is 0 Å². The fourth-order valence-corrected chi connectivity index (χ4v) is 4.11. The van der Waals surface area contributed by atoms with Crippen LogP contribution in [0.3, 0.4) is 0 Å². The van der Waals surface area contributed by atoms with Gasteiger partial charge in [-0.05, 0) is 36.1 Å². The van der Waals surface area contributed by atoms with Crippen LogP contribution >= 0.6 is 0 Å². The molecule has 1 aromatic heterocycles. The van der Waals surface area contributed by atoms with Crippen molar-refractivity contribution in [3.05, 3.63) is 107 Å².